The summed E-state index contributed by atoms with van der Waals surface area (Å²) < 4.78 is 30.1. The Morgan fingerprint density at radius 3 is 2.47 bits per heavy atom. The van der Waals surface area contributed by atoms with Crippen molar-refractivity contribution < 1.29 is 33.0 Å². The lowest BCUT2D eigenvalue weighted by Crippen LogP contribution is -2.41. The third-order valence-electron chi connectivity index (χ3n) is 7.23. The van der Waals surface area contributed by atoms with Gasteiger partial charge in [-0.05, 0) is 47.5 Å². The average Bonchev–Trinajstić information content (AvgIpc) is 3.41. The zero-order chi connectivity index (χ0) is 26.2. The Kier molecular flexibility index (Phi) is 6.15. The molecule has 0 atom stereocenters. The second kappa shape index (κ2) is 9.78. The van der Waals surface area contributed by atoms with Gasteiger partial charge < -0.3 is 29.0 Å². The van der Waals surface area contributed by atoms with Crippen LogP contribution < -0.4 is 33.6 Å². The SMILES string of the molecule is COc1ccc(CNC(=O)Cc2c3[n+](cc4c(OC)c(OC)ccc24)CCc2cc4c(cc2-3)OCO4)cc1. The topological polar surface area (TPSA) is 79.1 Å². The zero-order valence-electron chi connectivity index (χ0n) is 21.6. The summed E-state index contributed by atoms with van der Waals surface area (Å²) in [6.07, 6.45) is 3.13. The molecule has 1 amide bonds. The molecule has 8 heteroatoms. The van der Waals surface area contributed by atoms with Crippen molar-refractivity contribution in [3.05, 3.63) is 71.4 Å². The molecule has 0 saturated carbocycles. The standard InChI is InChI=1S/C30H28N2O6/c1-34-20-6-4-18(5-7-20)15-31-28(33)14-23-21-8-9-25(35-2)30(36-3)24(21)16-32-11-10-19-12-26-27(38-17-37-26)13-22(19)29(23)32/h4-9,12-13,16H,10-11,14-15,17H2,1-3H3/p+1. The van der Waals surface area contributed by atoms with Crippen LogP contribution in [0.1, 0.15) is 16.7 Å². The molecule has 0 fully saturated rings. The lowest BCUT2D eigenvalue weighted by molar-refractivity contribution is -0.686. The number of pyridine rings is 1. The number of nitrogens with one attached hydrogen (secondary N) is 1. The number of methoxy groups -OCH3 is 3. The second-order valence-corrected chi connectivity index (χ2v) is 9.33. The minimum Gasteiger partial charge on any atom is -0.497 e. The van der Waals surface area contributed by atoms with Crippen molar-refractivity contribution in [1.29, 1.82) is 0 Å². The van der Waals surface area contributed by atoms with E-state index in [9.17, 15) is 4.79 Å². The van der Waals surface area contributed by atoms with Crippen molar-refractivity contribution in [2.75, 3.05) is 28.1 Å². The Bertz CT molecular complexity index is 1550. The summed E-state index contributed by atoms with van der Waals surface area (Å²) in [6.45, 7) is 1.40. The lowest BCUT2D eigenvalue weighted by Gasteiger charge is -2.21. The number of aryl methyl sites for hydroxylation is 2. The van der Waals surface area contributed by atoms with Crippen molar-refractivity contribution >= 4 is 16.7 Å². The molecule has 0 radical (unpaired) electrons. The highest BCUT2D eigenvalue weighted by Gasteiger charge is 2.33. The van der Waals surface area contributed by atoms with Gasteiger partial charge in [0.1, 0.15) is 5.75 Å². The highest BCUT2D eigenvalue weighted by atomic mass is 16.7. The number of ether oxygens (including phenoxy) is 5. The molecular formula is C30H29N2O6+. The summed E-state index contributed by atoms with van der Waals surface area (Å²) >= 11 is 0. The molecule has 2 aliphatic heterocycles. The Morgan fingerprint density at radius 1 is 0.947 bits per heavy atom. The molecule has 0 unspecified atom stereocenters. The van der Waals surface area contributed by atoms with E-state index in [1.54, 1.807) is 21.3 Å². The number of benzene rings is 3. The fraction of sp³-hybridized carbons (Fsp3) is 0.267. The number of amides is 1. The van der Waals surface area contributed by atoms with E-state index in [1.165, 1.54) is 5.56 Å². The molecule has 194 valence electrons. The first-order chi connectivity index (χ1) is 18.6. The molecule has 0 bridgehead atoms. The first kappa shape index (κ1) is 23.9. The maximum atomic E-state index is 13.4. The summed E-state index contributed by atoms with van der Waals surface area (Å²) in [4.78, 5) is 13.4. The predicted molar refractivity (Wildman–Crippen MR) is 141 cm³/mol. The van der Waals surface area contributed by atoms with E-state index in [4.69, 9.17) is 23.7 Å². The molecule has 0 aliphatic carbocycles. The first-order valence-corrected chi connectivity index (χ1v) is 12.5. The van der Waals surface area contributed by atoms with Gasteiger partial charge in [-0.2, -0.15) is 4.57 Å². The van der Waals surface area contributed by atoms with Gasteiger partial charge >= 0.3 is 0 Å². The Balaban J connectivity index is 1.44. The normalized spacial score (nSPS) is 13.0. The molecule has 8 nitrogen and oxygen atoms in total. The number of hydrogen-bond acceptors (Lipinski definition) is 6. The van der Waals surface area contributed by atoms with Gasteiger partial charge in [0.15, 0.2) is 35.7 Å². The number of rotatable bonds is 7. The molecule has 2 aliphatic rings. The lowest BCUT2D eigenvalue weighted by atomic mass is 9.89. The van der Waals surface area contributed by atoms with Crippen molar-refractivity contribution in [3.63, 3.8) is 0 Å². The van der Waals surface area contributed by atoms with Gasteiger partial charge in [-0.25, -0.2) is 0 Å². The number of carbonyl (C=O) groups is 1. The van der Waals surface area contributed by atoms with Gasteiger partial charge in [-0.3, -0.25) is 4.79 Å². The fourth-order valence-corrected chi connectivity index (χ4v) is 5.36. The van der Waals surface area contributed by atoms with Gasteiger partial charge in [0.05, 0.1) is 38.7 Å². The summed E-state index contributed by atoms with van der Waals surface area (Å²) in [5, 5.41) is 4.93. The number of hydrogen-bond donors (Lipinski definition) is 1. The number of fused-ring (bicyclic) bond motifs is 5. The highest BCUT2D eigenvalue weighted by Crippen LogP contribution is 2.43. The van der Waals surface area contributed by atoms with E-state index >= 15 is 0 Å². The number of carbonyl (C=O) groups excluding carboxylic acids is 1. The van der Waals surface area contributed by atoms with Gasteiger partial charge in [0, 0.05) is 23.9 Å². The molecule has 0 spiro atoms. The van der Waals surface area contributed by atoms with Crippen LogP contribution in [0.2, 0.25) is 0 Å². The van der Waals surface area contributed by atoms with Gasteiger partial charge in [-0.15, -0.1) is 0 Å². The largest absolute Gasteiger partial charge is 0.497 e. The van der Waals surface area contributed by atoms with Crippen LogP contribution in [0.15, 0.2) is 54.7 Å². The van der Waals surface area contributed by atoms with Gasteiger partial charge in [0.25, 0.3) is 0 Å². The van der Waals surface area contributed by atoms with E-state index in [-0.39, 0.29) is 19.1 Å². The van der Waals surface area contributed by atoms with Crippen molar-refractivity contribution in [2.24, 2.45) is 0 Å². The minimum atomic E-state index is -0.0706. The fourth-order valence-electron chi connectivity index (χ4n) is 5.36. The van der Waals surface area contributed by atoms with Crippen LogP contribution in [0.25, 0.3) is 22.0 Å². The Labute approximate surface area is 220 Å². The van der Waals surface area contributed by atoms with Gasteiger partial charge in [-0.1, -0.05) is 12.1 Å². The van der Waals surface area contributed by atoms with Crippen LogP contribution >= 0.6 is 0 Å². The third-order valence-corrected chi connectivity index (χ3v) is 7.23. The van der Waals surface area contributed by atoms with E-state index < -0.39 is 0 Å². The summed E-state index contributed by atoms with van der Waals surface area (Å²) in [6, 6.07) is 15.7. The first-order valence-electron chi connectivity index (χ1n) is 12.5. The number of aromatic nitrogens is 1. The van der Waals surface area contributed by atoms with Crippen LogP contribution in [0.5, 0.6) is 28.7 Å². The average molecular weight is 514 g/mol. The summed E-state index contributed by atoms with van der Waals surface area (Å²) in [5.74, 6) is 3.50. The van der Waals surface area contributed by atoms with E-state index in [0.29, 0.717) is 18.0 Å². The van der Waals surface area contributed by atoms with Crippen molar-refractivity contribution in [2.45, 2.75) is 25.9 Å². The summed E-state index contributed by atoms with van der Waals surface area (Å²) in [5.41, 5.74) is 5.15. The van der Waals surface area contributed by atoms with Gasteiger partial charge in [0.2, 0.25) is 18.4 Å². The third kappa shape index (κ3) is 4.12. The molecule has 38 heavy (non-hydrogen) atoms. The van der Waals surface area contributed by atoms with Crippen LogP contribution in [0.4, 0.5) is 0 Å². The van der Waals surface area contributed by atoms with E-state index in [1.807, 2.05) is 42.5 Å². The monoisotopic (exact) mass is 513 g/mol. The molecule has 0 saturated heterocycles. The minimum absolute atomic E-state index is 0.0706. The molecule has 4 aromatic rings. The molecular weight excluding hydrogens is 484 g/mol. The molecule has 3 heterocycles. The van der Waals surface area contributed by atoms with Crippen LogP contribution in [-0.4, -0.2) is 34.0 Å². The molecule has 1 N–H and O–H groups in total. The predicted octanol–water partition coefficient (Wildman–Crippen LogP) is 3.96. The molecule has 3 aromatic carbocycles. The molecule has 1 aromatic heterocycles. The highest BCUT2D eigenvalue weighted by molar-refractivity contribution is 5.97. The quantitative estimate of drug-likeness (QED) is 0.377. The van der Waals surface area contributed by atoms with Crippen LogP contribution in [0, 0.1) is 0 Å². The van der Waals surface area contributed by atoms with Crippen molar-refractivity contribution in [3.8, 4) is 40.0 Å². The molecule has 6 rings (SSSR count). The van der Waals surface area contributed by atoms with E-state index in [0.717, 1.165) is 63.4 Å². The maximum absolute atomic E-state index is 13.4. The van der Waals surface area contributed by atoms with Crippen LogP contribution in [-0.2, 0) is 30.7 Å². The van der Waals surface area contributed by atoms with E-state index in [2.05, 4.69) is 22.1 Å². The maximum Gasteiger partial charge on any atom is 0.231 e. The van der Waals surface area contributed by atoms with Crippen LogP contribution in [0.3, 0.4) is 0 Å². The summed E-state index contributed by atoms with van der Waals surface area (Å²) in [7, 11) is 4.90. The smallest absolute Gasteiger partial charge is 0.231 e. The van der Waals surface area contributed by atoms with Crippen molar-refractivity contribution in [1.82, 2.24) is 5.32 Å². The number of nitrogens with zero attached hydrogens (tertiary/aromatic N) is 1. The second-order valence-electron chi connectivity index (χ2n) is 9.33. The Morgan fingerprint density at radius 2 is 1.74 bits per heavy atom. The Hall–Kier alpha value is -4.46. The zero-order valence-corrected chi connectivity index (χ0v) is 21.6.